The molecule has 0 amide bonds. The van der Waals surface area contributed by atoms with Crippen LogP contribution in [0.2, 0.25) is 0 Å². The molecule has 0 spiro atoms. The standard InChI is InChI=1S/C20H9Br4O5/c21-11-5-9-13(7-3-1-2-4-8(7)20(27)28)10-6-12(22)17(26)15(24)19(10)29-18(9)14(23)16(11)25/h1-6,25,27-28H/p-1. The predicted molar refractivity (Wildman–Crippen MR) is 119 cm³/mol. The normalized spacial score (nSPS) is 12.2. The van der Waals surface area contributed by atoms with Crippen LogP contribution in [0.25, 0.3) is 11.5 Å². The molecule has 3 aromatic rings. The smallest absolute Gasteiger partial charge is 0.282 e. The van der Waals surface area contributed by atoms with Crippen LogP contribution in [0.5, 0.6) is 23.0 Å². The highest BCUT2D eigenvalue weighted by Gasteiger charge is 2.30. The Hall–Kier alpha value is -1.68. The second-order valence-electron chi connectivity index (χ2n) is 6.10. The van der Waals surface area contributed by atoms with Crippen molar-refractivity contribution >= 4 is 75.2 Å². The molecule has 5 nitrogen and oxygen atoms in total. The van der Waals surface area contributed by atoms with Gasteiger partial charge in [0.05, 0.1) is 14.2 Å². The van der Waals surface area contributed by atoms with Crippen LogP contribution < -0.4 is 20.3 Å². The molecule has 0 saturated heterocycles. The summed E-state index contributed by atoms with van der Waals surface area (Å²) in [5, 5.41) is 45.2. The Bertz CT molecular complexity index is 1250. The molecule has 1 aliphatic heterocycles. The molecule has 0 aliphatic carbocycles. The van der Waals surface area contributed by atoms with Crippen LogP contribution in [-0.2, 0) is 5.11 Å². The molecule has 29 heavy (non-hydrogen) atoms. The molecule has 0 unspecified atom stereocenters. The number of benzene rings is 3. The number of hydrogen-bond donors (Lipinski definition) is 2. The summed E-state index contributed by atoms with van der Waals surface area (Å²) in [5.74, 6) is -1.01. The van der Waals surface area contributed by atoms with Crippen LogP contribution in [-0.4, -0.2) is 10.2 Å². The first-order chi connectivity index (χ1) is 13.7. The van der Waals surface area contributed by atoms with Gasteiger partial charge in [0.15, 0.2) is 5.75 Å². The van der Waals surface area contributed by atoms with E-state index in [4.69, 9.17) is 4.74 Å². The fourth-order valence-electron chi connectivity index (χ4n) is 3.17. The lowest BCUT2D eigenvalue weighted by Gasteiger charge is -2.28. The van der Waals surface area contributed by atoms with Crippen molar-refractivity contribution in [2.45, 2.75) is 0 Å². The summed E-state index contributed by atoms with van der Waals surface area (Å²) in [4.78, 5) is 0. The van der Waals surface area contributed by atoms with Crippen molar-refractivity contribution in [2.24, 2.45) is 0 Å². The first-order valence-corrected chi connectivity index (χ1v) is 11.2. The van der Waals surface area contributed by atoms with Gasteiger partial charge in [0.1, 0.15) is 10.2 Å². The second kappa shape index (κ2) is 7.54. The zero-order valence-corrected chi connectivity index (χ0v) is 20.4. The molecule has 147 valence electrons. The van der Waals surface area contributed by atoms with Gasteiger partial charge in [-0.1, -0.05) is 39.9 Å². The number of aliphatic hydroxyl groups is 2. The van der Waals surface area contributed by atoms with Gasteiger partial charge in [0.2, 0.25) is 5.75 Å². The lowest BCUT2D eigenvalue weighted by Crippen LogP contribution is -2.30. The number of aliphatic hydroxyl groups excluding tert-OH is 1. The van der Waals surface area contributed by atoms with E-state index < -0.39 is 5.95 Å². The fraction of sp³-hybridized carbons (Fsp3) is 0. The number of fused-ring (bicyclic) bond motifs is 2. The topological polar surface area (TPSA) is 92.7 Å². The van der Waals surface area contributed by atoms with E-state index in [1.165, 1.54) is 0 Å². The second-order valence-corrected chi connectivity index (χ2v) is 9.40. The summed E-state index contributed by atoms with van der Waals surface area (Å²) >= 11 is 13.1. The molecule has 0 fully saturated rings. The third-order valence-electron chi connectivity index (χ3n) is 4.44. The van der Waals surface area contributed by atoms with E-state index in [0.717, 1.165) is 0 Å². The van der Waals surface area contributed by atoms with Gasteiger partial charge in [-0.05, 0) is 71.2 Å². The van der Waals surface area contributed by atoms with Crippen LogP contribution in [0.4, 0.5) is 0 Å². The van der Waals surface area contributed by atoms with Gasteiger partial charge in [-0.2, -0.15) is 0 Å². The Morgan fingerprint density at radius 2 is 1.48 bits per heavy atom. The largest absolute Gasteiger partial charge is 0.871 e. The van der Waals surface area contributed by atoms with Crippen molar-refractivity contribution in [3.8, 4) is 23.0 Å². The SMILES string of the molecule is [O]c1c(Br)cc2c(c1Br)Oc1c(cc(Br)c([O-])c1Br)C2=c1ccccc1=C(O)O. The maximum Gasteiger partial charge on any atom is 0.282 e. The maximum absolute atomic E-state index is 12.4. The zero-order valence-electron chi connectivity index (χ0n) is 14.1. The lowest BCUT2D eigenvalue weighted by atomic mass is 9.91. The molecule has 3 aromatic carbocycles. The monoisotopic (exact) mass is 644 g/mol. The van der Waals surface area contributed by atoms with Gasteiger partial charge >= 0.3 is 0 Å². The van der Waals surface area contributed by atoms with E-state index in [0.29, 0.717) is 30.9 Å². The van der Waals surface area contributed by atoms with E-state index in [9.17, 15) is 20.4 Å². The predicted octanol–water partition coefficient (Wildman–Crippen LogP) is 5.49. The van der Waals surface area contributed by atoms with Gasteiger partial charge in [-0.3, -0.25) is 5.11 Å². The highest BCUT2D eigenvalue weighted by molar-refractivity contribution is 9.11. The number of ether oxygens (including phenoxy) is 1. The minimum Gasteiger partial charge on any atom is -0.871 e. The first kappa shape index (κ1) is 20.6. The van der Waals surface area contributed by atoms with Crippen LogP contribution in [0, 0.1) is 0 Å². The van der Waals surface area contributed by atoms with E-state index in [1.807, 2.05) is 0 Å². The third-order valence-corrected chi connectivity index (χ3v) is 7.06. The summed E-state index contributed by atoms with van der Waals surface area (Å²) < 4.78 is 6.95. The van der Waals surface area contributed by atoms with Crippen molar-refractivity contribution in [1.29, 1.82) is 0 Å². The van der Waals surface area contributed by atoms with E-state index >= 15 is 0 Å². The van der Waals surface area contributed by atoms with Crippen LogP contribution >= 0.6 is 63.7 Å². The molecular formula is C20H8Br4O5-. The Morgan fingerprint density at radius 3 is 2.14 bits per heavy atom. The molecule has 4 rings (SSSR count). The van der Waals surface area contributed by atoms with Crippen LogP contribution in [0.1, 0.15) is 11.1 Å². The van der Waals surface area contributed by atoms with Crippen LogP contribution in [0.15, 0.2) is 54.3 Å². The molecule has 9 heteroatoms. The van der Waals surface area contributed by atoms with Crippen molar-refractivity contribution in [3.05, 3.63) is 75.9 Å². The van der Waals surface area contributed by atoms with E-state index in [2.05, 4.69) is 63.7 Å². The molecule has 1 radical (unpaired) electrons. The average Bonchev–Trinajstić information content (AvgIpc) is 2.69. The number of rotatable bonds is 0. The highest BCUT2D eigenvalue weighted by atomic mass is 79.9. The maximum atomic E-state index is 12.4. The van der Waals surface area contributed by atoms with E-state index in [-0.39, 0.29) is 37.2 Å². The summed E-state index contributed by atoms with van der Waals surface area (Å²) in [7, 11) is 0. The average molecular weight is 648 g/mol. The van der Waals surface area contributed by atoms with Gasteiger partial charge in [0.25, 0.3) is 5.95 Å². The van der Waals surface area contributed by atoms with Gasteiger partial charge in [-0.15, -0.1) is 0 Å². The summed E-state index contributed by atoms with van der Waals surface area (Å²) in [5.41, 5.74) is 1.66. The van der Waals surface area contributed by atoms with Crippen molar-refractivity contribution < 1.29 is 25.2 Å². The minimum atomic E-state index is -0.847. The third kappa shape index (κ3) is 3.24. The molecule has 0 bridgehead atoms. The molecule has 1 heterocycles. The fourth-order valence-corrected chi connectivity index (χ4v) is 5.58. The van der Waals surface area contributed by atoms with Gasteiger partial charge in [0, 0.05) is 21.2 Å². The zero-order chi connectivity index (χ0) is 21.0. The molecular weight excluding hydrogens is 640 g/mol. The number of halogens is 4. The molecule has 1 aliphatic rings. The summed E-state index contributed by atoms with van der Waals surface area (Å²) in [6, 6.07) is 9.92. The Morgan fingerprint density at radius 1 is 0.897 bits per heavy atom. The van der Waals surface area contributed by atoms with Crippen molar-refractivity contribution in [1.82, 2.24) is 0 Å². The molecule has 0 aromatic heterocycles. The number of hydrogen-bond acceptors (Lipinski definition) is 4. The quantitative estimate of drug-likeness (QED) is 0.264. The molecule has 0 atom stereocenters. The van der Waals surface area contributed by atoms with Crippen molar-refractivity contribution in [2.75, 3.05) is 0 Å². The van der Waals surface area contributed by atoms with Gasteiger partial charge < -0.3 is 20.1 Å². The first-order valence-electron chi connectivity index (χ1n) is 8.00. The Labute approximate surface area is 198 Å². The van der Waals surface area contributed by atoms with Crippen molar-refractivity contribution in [3.63, 3.8) is 0 Å². The van der Waals surface area contributed by atoms with E-state index in [1.54, 1.807) is 36.4 Å². The minimum absolute atomic E-state index is 0.182. The van der Waals surface area contributed by atoms with Gasteiger partial charge in [-0.25, -0.2) is 0 Å². The van der Waals surface area contributed by atoms with Crippen LogP contribution in [0.3, 0.4) is 0 Å². The Balaban J connectivity index is 2.31. The molecule has 0 saturated carbocycles. The summed E-state index contributed by atoms with van der Waals surface area (Å²) in [6.07, 6.45) is 0. The molecule has 2 N–H and O–H groups in total. The highest BCUT2D eigenvalue weighted by Crippen LogP contribution is 2.54. The summed E-state index contributed by atoms with van der Waals surface area (Å²) in [6.45, 7) is 0. The lowest BCUT2D eigenvalue weighted by molar-refractivity contribution is -0.270. The Kier molecular flexibility index (Phi) is 5.35.